The average Bonchev–Trinajstić information content (AvgIpc) is 3.04. The largest absolute Gasteiger partial charge is 0.399 e. The van der Waals surface area contributed by atoms with Gasteiger partial charge in [0.15, 0.2) is 0 Å². The molecule has 1 aromatic heterocycles. The van der Waals surface area contributed by atoms with E-state index in [-0.39, 0.29) is 5.91 Å². The molecule has 0 bridgehead atoms. The molecule has 1 amide bonds. The first-order valence-electron chi connectivity index (χ1n) is 5.79. The molecule has 1 aliphatic rings. The third-order valence-electron chi connectivity index (χ3n) is 3.01. The number of nitrogens with two attached hydrogens (primary N) is 1. The molecule has 3 rings (SSSR count). The Kier molecular flexibility index (Phi) is 2.52. The lowest BCUT2D eigenvalue weighted by atomic mass is 10.2. The van der Waals surface area contributed by atoms with Crippen molar-refractivity contribution in [1.82, 2.24) is 5.32 Å². The van der Waals surface area contributed by atoms with Crippen molar-refractivity contribution in [3.8, 4) is 0 Å². The number of hydrogen-bond donors (Lipinski definition) is 2. The molecule has 0 saturated heterocycles. The summed E-state index contributed by atoms with van der Waals surface area (Å²) in [4.78, 5) is 12.7. The molecule has 88 valence electrons. The molecule has 0 aliphatic heterocycles. The fourth-order valence-electron chi connectivity index (χ4n) is 1.82. The van der Waals surface area contributed by atoms with E-state index in [0.29, 0.717) is 5.92 Å². The van der Waals surface area contributed by atoms with E-state index in [1.807, 2.05) is 24.3 Å². The molecule has 3 N–H and O–H groups in total. The Labute approximate surface area is 104 Å². The van der Waals surface area contributed by atoms with Crippen molar-refractivity contribution >= 4 is 33.0 Å². The number of rotatable bonds is 3. The zero-order chi connectivity index (χ0) is 11.8. The highest BCUT2D eigenvalue weighted by Gasteiger charge is 2.22. The highest BCUT2D eigenvalue weighted by molar-refractivity contribution is 7.20. The summed E-state index contributed by atoms with van der Waals surface area (Å²) < 4.78 is 1.11. The van der Waals surface area contributed by atoms with Gasteiger partial charge >= 0.3 is 0 Å². The van der Waals surface area contributed by atoms with Crippen LogP contribution in [0.5, 0.6) is 0 Å². The topological polar surface area (TPSA) is 55.1 Å². The summed E-state index contributed by atoms with van der Waals surface area (Å²) in [5.74, 6) is 0.751. The van der Waals surface area contributed by atoms with E-state index in [9.17, 15) is 4.79 Å². The maximum atomic E-state index is 11.9. The number of thiophene rings is 1. The monoisotopic (exact) mass is 246 g/mol. The summed E-state index contributed by atoms with van der Waals surface area (Å²) in [5, 5.41) is 4.02. The van der Waals surface area contributed by atoms with Crippen LogP contribution < -0.4 is 11.1 Å². The molecule has 1 fully saturated rings. The molecule has 0 radical (unpaired) electrons. The van der Waals surface area contributed by atoms with Gasteiger partial charge in [-0.05, 0) is 48.4 Å². The quantitative estimate of drug-likeness (QED) is 0.818. The minimum atomic E-state index is 0.0386. The van der Waals surface area contributed by atoms with Crippen LogP contribution in [0.2, 0.25) is 0 Å². The molecule has 3 nitrogen and oxygen atoms in total. The number of carbonyl (C=O) groups excluding carboxylic acids is 1. The third-order valence-corrected chi connectivity index (χ3v) is 4.13. The van der Waals surface area contributed by atoms with Crippen LogP contribution in [-0.2, 0) is 0 Å². The summed E-state index contributed by atoms with van der Waals surface area (Å²) in [6, 6.07) is 7.65. The second kappa shape index (κ2) is 4.04. The first-order valence-corrected chi connectivity index (χ1v) is 6.61. The number of nitrogens with one attached hydrogen (secondary N) is 1. The van der Waals surface area contributed by atoms with E-state index in [4.69, 9.17) is 5.73 Å². The molecule has 2 aromatic rings. The maximum Gasteiger partial charge on any atom is 0.261 e. The summed E-state index contributed by atoms with van der Waals surface area (Å²) in [7, 11) is 0. The van der Waals surface area contributed by atoms with Crippen LogP contribution in [0.1, 0.15) is 22.5 Å². The summed E-state index contributed by atoms with van der Waals surface area (Å²) >= 11 is 1.52. The standard InChI is InChI=1S/C13H14N2OS/c14-10-3-4-11-9(5-10)6-12(17-11)13(16)15-7-8-1-2-8/h3-6,8H,1-2,7,14H2,(H,15,16). The van der Waals surface area contributed by atoms with Crippen molar-refractivity contribution in [2.75, 3.05) is 12.3 Å². The fourth-order valence-corrected chi connectivity index (χ4v) is 2.78. The van der Waals surface area contributed by atoms with Crippen molar-refractivity contribution in [3.05, 3.63) is 29.1 Å². The number of amides is 1. The first kappa shape index (κ1) is 10.6. The van der Waals surface area contributed by atoms with E-state index in [1.54, 1.807) is 0 Å². The van der Waals surface area contributed by atoms with Crippen molar-refractivity contribution in [2.45, 2.75) is 12.8 Å². The van der Waals surface area contributed by atoms with E-state index in [0.717, 1.165) is 27.2 Å². The third kappa shape index (κ3) is 2.26. The predicted octanol–water partition coefficient (Wildman–Crippen LogP) is 2.62. The molecule has 0 unspecified atom stereocenters. The molecule has 4 heteroatoms. The van der Waals surface area contributed by atoms with Crippen LogP contribution in [-0.4, -0.2) is 12.5 Å². The van der Waals surface area contributed by atoms with Gasteiger partial charge in [0.1, 0.15) is 0 Å². The SMILES string of the molecule is Nc1ccc2sc(C(=O)NCC3CC3)cc2c1. The Morgan fingerprint density at radius 3 is 3.00 bits per heavy atom. The highest BCUT2D eigenvalue weighted by Crippen LogP contribution is 2.29. The average molecular weight is 246 g/mol. The first-order chi connectivity index (χ1) is 8.22. The lowest BCUT2D eigenvalue weighted by molar-refractivity contribution is 0.0956. The van der Waals surface area contributed by atoms with Crippen molar-refractivity contribution in [2.24, 2.45) is 5.92 Å². The normalized spacial score (nSPS) is 15.1. The van der Waals surface area contributed by atoms with Gasteiger partial charge in [-0.25, -0.2) is 0 Å². The van der Waals surface area contributed by atoms with Crippen LogP contribution in [0.25, 0.3) is 10.1 Å². The van der Waals surface area contributed by atoms with Gasteiger partial charge in [-0.1, -0.05) is 0 Å². The van der Waals surface area contributed by atoms with E-state index < -0.39 is 0 Å². The Hall–Kier alpha value is -1.55. The number of nitrogen functional groups attached to an aromatic ring is 1. The molecule has 1 aromatic carbocycles. The Morgan fingerprint density at radius 1 is 1.41 bits per heavy atom. The number of anilines is 1. The lowest BCUT2D eigenvalue weighted by Gasteiger charge is -2.00. The van der Waals surface area contributed by atoms with Crippen LogP contribution in [0.4, 0.5) is 5.69 Å². The number of hydrogen-bond acceptors (Lipinski definition) is 3. The van der Waals surface area contributed by atoms with Crippen LogP contribution in [0.15, 0.2) is 24.3 Å². The second-order valence-corrected chi connectivity index (χ2v) is 5.65. The molecule has 1 saturated carbocycles. The predicted molar refractivity (Wildman–Crippen MR) is 71.3 cm³/mol. The number of carbonyl (C=O) groups is 1. The Bertz CT molecular complexity index is 572. The van der Waals surface area contributed by atoms with Gasteiger partial charge in [0.25, 0.3) is 5.91 Å². The van der Waals surface area contributed by atoms with Crippen molar-refractivity contribution in [3.63, 3.8) is 0 Å². The zero-order valence-electron chi connectivity index (χ0n) is 9.40. The molecule has 0 atom stereocenters. The van der Waals surface area contributed by atoms with Crippen molar-refractivity contribution < 1.29 is 4.79 Å². The summed E-state index contributed by atoms with van der Waals surface area (Å²) in [5.41, 5.74) is 6.46. The molecular formula is C13H14N2OS. The number of benzene rings is 1. The van der Waals surface area contributed by atoms with Crippen LogP contribution in [0, 0.1) is 5.92 Å². The smallest absolute Gasteiger partial charge is 0.261 e. The Balaban J connectivity index is 1.81. The molecular weight excluding hydrogens is 232 g/mol. The van der Waals surface area contributed by atoms with Gasteiger partial charge < -0.3 is 11.1 Å². The minimum Gasteiger partial charge on any atom is -0.399 e. The van der Waals surface area contributed by atoms with Crippen LogP contribution in [0.3, 0.4) is 0 Å². The Morgan fingerprint density at radius 2 is 2.24 bits per heavy atom. The van der Waals surface area contributed by atoms with E-state index >= 15 is 0 Å². The van der Waals surface area contributed by atoms with Gasteiger partial charge in [0, 0.05) is 16.9 Å². The van der Waals surface area contributed by atoms with Gasteiger partial charge in [-0.15, -0.1) is 11.3 Å². The van der Waals surface area contributed by atoms with Gasteiger partial charge in [-0.2, -0.15) is 0 Å². The lowest BCUT2D eigenvalue weighted by Crippen LogP contribution is -2.24. The number of fused-ring (bicyclic) bond motifs is 1. The van der Waals surface area contributed by atoms with Gasteiger partial charge in [0.2, 0.25) is 0 Å². The zero-order valence-corrected chi connectivity index (χ0v) is 10.2. The van der Waals surface area contributed by atoms with Crippen molar-refractivity contribution in [1.29, 1.82) is 0 Å². The van der Waals surface area contributed by atoms with Crippen LogP contribution >= 0.6 is 11.3 Å². The van der Waals surface area contributed by atoms with E-state index in [1.165, 1.54) is 24.2 Å². The van der Waals surface area contributed by atoms with Gasteiger partial charge in [0.05, 0.1) is 4.88 Å². The minimum absolute atomic E-state index is 0.0386. The molecule has 17 heavy (non-hydrogen) atoms. The summed E-state index contributed by atoms with van der Waals surface area (Å²) in [6.45, 7) is 0.815. The molecule has 0 spiro atoms. The molecule has 1 aliphatic carbocycles. The highest BCUT2D eigenvalue weighted by atomic mass is 32.1. The second-order valence-electron chi connectivity index (χ2n) is 4.56. The fraction of sp³-hybridized carbons (Fsp3) is 0.308. The summed E-state index contributed by atoms with van der Waals surface area (Å²) in [6.07, 6.45) is 2.51. The molecule has 1 heterocycles. The van der Waals surface area contributed by atoms with Gasteiger partial charge in [-0.3, -0.25) is 4.79 Å². The maximum absolute atomic E-state index is 11.9. The van der Waals surface area contributed by atoms with E-state index in [2.05, 4.69) is 5.32 Å².